The number of quaternary nitrogens is 1. The van der Waals surface area contributed by atoms with Crippen LogP contribution in [0, 0.1) is 0 Å². The van der Waals surface area contributed by atoms with Gasteiger partial charge in [0.1, 0.15) is 6.20 Å². The van der Waals surface area contributed by atoms with Gasteiger partial charge in [-0.25, -0.2) is 0 Å². The molecule has 0 radical (unpaired) electrons. The van der Waals surface area contributed by atoms with Gasteiger partial charge in [0.05, 0.1) is 7.05 Å². The molecule has 1 atom stereocenters. The molecule has 1 aliphatic rings. The molecule has 0 spiro atoms. The summed E-state index contributed by atoms with van der Waals surface area (Å²) in [7, 11) is 1.73. The zero-order valence-corrected chi connectivity index (χ0v) is 5.73. The van der Waals surface area contributed by atoms with Gasteiger partial charge in [-0.1, -0.05) is 0 Å². The van der Waals surface area contributed by atoms with Gasteiger partial charge in [-0.2, -0.15) is 15.4 Å². The number of nitrogens with two attached hydrogens (primary N) is 2. The van der Waals surface area contributed by atoms with Crippen molar-refractivity contribution >= 4 is 12.2 Å². The summed E-state index contributed by atoms with van der Waals surface area (Å²) in [5.41, 5.74) is 0. The first-order valence-electron chi connectivity index (χ1n) is 2.82. The molecule has 0 aliphatic carbocycles. The second-order valence-electron chi connectivity index (χ2n) is 2.20. The van der Waals surface area contributed by atoms with Crippen molar-refractivity contribution < 1.29 is 4.59 Å². The van der Waals surface area contributed by atoms with E-state index in [2.05, 4.69) is 10.1 Å². The molecule has 4 N–H and O–H groups in total. The molecule has 0 aromatic carbocycles. The smallest absolute Gasteiger partial charge is 0.316 e. The quantitative estimate of drug-likeness (QED) is 0.261. The van der Waals surface area contributed by atoms with Crippen molar-refractivity contribution in [1.29, 1.82) is 0 Å². The average Bonchev–Trinajstić information content (AvgIpc) is 1.87. The third kappa shape index (κ3) is 1.04. The van der Waals surface area contributed by atoms with Crippen molar-refractivity contribution in [1.82, 2.24) is 0 Å². The fourth-order valence-corrected chi connectivity index (χ4v) is 0.676. The van der Waals surface area contributed by atoms with E-state index in [0.717, 1.165) is 0 Å². The lowest BCUT2D eigenvalue weighted by atomic mass is 10.5. The maximum atomic E-state index is 5.66. The summed E-state index contributed by atoms with van der Waals surface area (Å²) in [5.74, 6) is 11.1. The van der Waals surface area contributed by atoms with Crippen molar-refractivity contribution in [2.75, 3.05) is 7.05 Å². The highest BCUT2D eigenvalue weighted by molar-refractivity contribution is 5.89. The van der Waals surface area contributed by atoms with E-state index in [9.17, 15) is 0 Å². The van der Waals surface area contributed by atoms with Gasteiger partial charge >= 0.3 is 5.96 Å². The maximum Gasteiger partial charge on any atom is 0.369 e. The minimum atomic E-state index is 0.00694. The summed E-state index contributed by atoms with van der Waals surface area (Å²) < 4.78 is 0.00694. The summed E-state index contributed by atoms with van der Waals surface area (Å²) in [6, 6.07) is 0. The van der Waals surface area contributed by atoms with E-state index in [1.807, 2.05) is 0 Å². The van der Waals surface area contributed by atoms with E-state index in [1.54, 1.807) is 25.5 Å². The van der Waals surface area contributed by atoms with Crippen molar-refractivity contribution in [3.63, 3.8) is 0 Å². The molecule has 10 heavy (non-hydrogen) atoms. The zero-order valence-electron chi connectivity index (χ0n) is 5.73. The Bertz CT molecular complexity index is 212. The Morgan fingerprint density at radius 3 is 2.80 bits per heavy atom. The van der Waals surface area contributed by atoms with Crippen molar-refractivity contribution in [3.8, 4) is 0 Å². The van der Waals surface area contributed by atoms with Crippen LogP contribution in [0.4, 0.5) is 0 Å². The van der Waals surface area contributed by atoms with Gasteiger partial charge in [0.15, 0.2) is 0 Å². The number of hydrazone groups is 1. The third-order valence-corrected chi connectivity index (χ3v) is 1.22. The lowest BCUT2D eigenvalue weighted by Crippen LogP contribution is -2.51. The molecule has 0 bridgehead atoms. The predicted molar refractivity (Wildman–Crippen MR) is 39.6 cm³/mol. The first-order chi connectivity index (χ1) is 4.67. The first-order valence-corrected chi connectivity index (χ1v) is 2.82. The van der Waals surface area contributed by atoms with Crippen LogP contribution < -0.4 is 11.7 Å². The van der Waals surface area contributed by atoms with E-state index in [-0.39, 0.29) is 4.59 Å². The molecule has 0 saturated heterocycles. The highest BCUT2D eigenvalue weighted by atomic mass is 15.6. The predicted octanol–water partition coefficient (Wildman–Crippen LogP) is -0.865. The molecule has 1 heterocycles. The summed E-state index contributed by atoms with van der Waals surface area (Å²) in [4.78, 5) is 3.86. The summed E-state index contributed by atoms with van der Waals surface area (Å²) in [5, 5.41) is 3.42. The molecular weight excluding hydrogens is 130 g/mol. The lowest BCUT2D eigenvalue weighted by Gasteiger charge is -2.21. The molecule has 5 nitrogen and oxygen atoms in total. The molecule has 1 rings (SSSR count). The van der Waals surface area contributed by atoms with Crippen LogP contribution in [0.5, 0.6) is 0 Å². The first kappa shape index (κ1) is 6.91. The van der Waals surface area contributed by atoms with Crippen LogP contribution in [-0.2, 0) is 0 Å². The van der Waals surface area contributed by atoms with Crippen LogP contribution in [0.1, 0.15) is 0 Å². The number of nitrogens with zero attached hydrogens (tertiary/aromatic N) is 3. The Balaban J connectivity index is 2.96. The number of hydrogen-bond acceptors (Lipinski definition) is 3. The Morgan fingerprint density at radius 2 is 2.40 bits per heavy atom. The van der Waals surface area contributed by atoms with Crippen LogP contribution in [0.3, 0.4) is 0 Å². The van der Waals surface area contributed by atoms with E-state index in [4.69, 9.17) is 11.7 Å². The van der Waals surface area contributed by atoms with Crippen LogP contribution in [0.2, 0.25) is 0 Å². The van der Waals surface area contributed by atoms with Crippen molar-refractivity contribution in [2.45, 2.75) is 0 Å². The molecule has 1 aliphatic heterocycles. The number of hydrogen-bond donors (Lipinski definition) is 2. The Hall–Kier alpha value is -1.20. The van der Waals surface area contributed by atoms with Gasteiger partial charge < -0.3 is 5.84 Å². The van der Waals surface area contributed by atoms with Crippen molar-refractivity contribution in [3.05, 3.63) is 12.3 Å². The molecule has 1 unspecified atom stereocenters. The highest BCUT2D eigenvalue weighted by Gasteiger charge is 2.23. The Morgan fingerprint density at radius 1 is 1.70 bits per heavy atom. The van der Waals surface area contributed by atoms with Gasteiger partial charge in [0.2, 0.25) is 0 Å². The van der Waals surface area contributed by atoms with E-state index in [1.165, 1.54) is 0 Å². The van der Waals surface area contributed by atoms with Crippen LogP contribution in [-0.4, -0.2) is 23.8 Å². The van der Waals surface area contributed by atoms with E-state index in [0.29, 0.717) is 5.96 Å². The molecule has 0 fully saturated rings. The molecular formula is C5H10N5+. The zero-order chi connectivity index (χ0) is 7.61. The Labute approximate surface area is 58.9 Å². The van der Waals surface area contributed by atoms with Gasteiger partial charge in [0, 0.05) is 12.3 Å². The molecule has 54 valence electrons. The minimum Gasteiger partial charge on any atom is -0.316 e. The normalized spacial score (nSPS) is 35.2. The van der Waals surface area contributed by atoms with E-state index >= 15 is 0 Å². The lowest BCUT2D eigenvalue weighted by molar-refractivity contribution is -0.780. The fourth-order valence-electron chi connectivity index (χ4n) is 0.676. The molecule has 0 saturated carbocycles. The topological polar surface area (TPSA) is 76.8 Å². The van der Waals surface area contributed by atoms with Gasteiger partial charge in [-0.15, -0.1) is 5.10 Å². The van der Waals surface area contributed by atoms with Gasteiger partial charge in [-0.05, 0) is 0 Å². The van der Waals surface area contributed by atoms with Gasteiger partial charge in [-0.3, -0.25) is 0 Å². The molecule has 5 heteroatoms. The van der Waals surface area contributed by atoms with Crippen molar-refractivity contribution in [2.24, 2.45) is 21.8 Å². The molecule has 0 aromatic rings. The number of aliphatic imine (C=N–C) groups is 1. The summed E-state index contributed by atoms with van der Waals surface area (Å²) >= 11 is 0. The average molecular weight is 140 g/mol. The second-order valence-corrected chi connectivity index (χ2v) is 2.20. The SMILES string of the molecule is C[N+]1(N)C=CC=NC1=NN. The minimum absolute atomic E-state index is 0.00694. The maximum absolute atomic E-state index is 5.66. The Kier molecular flexibility index (Phi) is 1.52. The van der Waals surface area contributed by atoms with Crippen LogP contribution >= 0.6 is 0 Å². The largest absolute Gasteiger partial charge is 0.369 e. The number of rotatable bonds is 0. The monoisotopic (exact) mass is 140 g/mol. The van der Waals surface area contributed by atoms with Gasteiger partial charge in [0.25, 0.3) is 0 Å². The highest BCUT2D eigenvalue weighted by Crippen LogP contribution is 2.01. The van der Waals surface area contributed by atoms with Crippen LogP contribution in [0.15, 0.2) is 22.4 Å². The number of guanidine groups is 1. The molecule has 0 amide bonds. The van der Waals surface area contributed by atoms with Crippen LogP contribution in [0.25, 0.3) is 0 Å². The van der Waals surface area contributed by atoms with E-state index < -0.39 is 0 Å². The standard InChI is InChI=1S/C5H10N5/c1-10(7)4-2-3-8-5(10)9-6/h2-4H,6-7H2,1H3/q+1. The summed E-state index contributed by atoms with van der Waals surface area (Å²) in [6.07, 6.45) is 5.08. The number of allylic oxidation sites excluding steroid dienone is 1. The molecule has 0 aromatic heterocycles. The third-order valence-electron chi connectivity index (χ3n) is 1.22. The fraction of sp³-hybridized carbons (Fsp3) is 0.200. The second kappa shape index (κ2) is 2.20. The summed E-state index contributed by atoms with van der Waals surface area (Å²) in [6.45, 7) is 0.